The molecule has 0 bridgehead atoms. The number of nitrogens with zero attached hydrogens (tertiary/aromatic N) is 7. The van der Waals surface area contributed by atoms with Gasteiger partial charge in [0.1, 0.15) is 5.75 Å². The van der Waals surface area contributed by atoms with Crippen LogP contribution in [0.2, 0.25) is 0 Å². The summed E-state index contributed by atoms with van der Waals surface area (Å²) in [6.45, 7) is 8.69. The van der Waals surface area contributed by atoms with E-state index in [1.165, 1.54) is 18.1 Å². The maximum Gasteiger partial charge on any atom is 0.247 e. The molecular formula is C25H27N9O2. The van der Waals surface area contributed by atoms with Crippen molar-refractivity contribution in [1.82, 2.24) is 34.4 Å². The number of amides is 1. The van der Waals surface area contributed by atoms with E-state index in [9.17, 15) is 4.79 Å². The standard InChI is InChI=1S/C25H27N9O2/c1-4-24(35)28-19-13-20(22(36-3)14-21(19)33-12-5-8-27-33)29-25-26-9-7-23(30-25)34-16-18(17(2)31-34)15-32-10-6-11-32/h4-5,7-9,12-14,16H,1,6,10-11,15H2,2-3H3,(H,28,35)(H,26,29,30). The molecule has 1 fully saturated rings. The first-order valence-corrected chi connectivity index (χ1v) is 11.6. The molecule has 0 saturated carbocycles. The van der Waals surface area contributed by atoms with Crippen molar-refractivity contribution in [2.45, 2.75) is 19.9 Å². The molecule has 1 aromatic carbocycles. The second-order valence-electron chi connectivity index (χ2n) is 8.39. The number of ether oxygens (including phenoxy) is 1. The zero-order chi connectivity index (χ0) is 25.1. The summed E-state index contributed by atoms with van der Waals surface area (Å²) >= 11 is 0. The lowest BCUT2D eigenvalue weighted by atomic mass is 10.1. The van der Waals surface area contributed by atoms with Gasteiger partial charge < -0.3 is 15.4 Å². The summed E-state index contributed by atoms with van der Waals surface area (Å²) in [6, 6.07) is 7.12. The Morgan fingerprint density at radius 3 is 2.78 bits per heavy atom. The quantitative estimate of drug-likeness (QED) is 0.347. The average molecular weight is 486 g/mol. The third-order valence-corrected chi connectivity index (χ3v) is 5.98. The Morgan fingerprint density at radius 1 is 1.22 bits per heavy atom. The van der Waals surface area contributed by atoms with Gasteiger partial charge in [0.25, 0.3) is 0 Å². The summed E-state index contributed by atoms with van der Waals surface area (Å²) < 4.78 is 9.02. The topological polar surface area (TPSA) is 115 Å². The number of anilines is 3. The molecule has 0 unspecified atom stereocenters. The molecule has 1 saturated heterocycles. The SMILES string of the molecule is C=CC(=O)Nc1cc(Nc2nccc(-n3cc(CN4CCC4)c(C)n3)n2)c(OC)cc1-n1cccn1. The molecule has 1 aliphatic heterocycles. The first-order valence-electron chi connectivity index (χ1n) is 11.6. The Hall–Kier alpha value is -4.51. The van der Waals surface area contributed by atoms with Crippen molar-refractivity contribution < 1.29 is 9.53 Å². The molecular weight excluding hydrogens is 458 g/mol. The van der Waals surface area contributed by atoms with Gasteiger partial charge in [0, 0.05) is 49.0 Å². The van der Waals surface area contributed by atoms with E-state index in [2.05, 4.69) is 42.3 Å². The lowest BCUT2D eigenvalue weighted by molar-refractivity contribution is -0.111. The Morgan fingerprint density at radius 2 is 2.08 bits per heavy atom. The third-order valence-electron chi connectivity index (χ3n) is 5.98. The fourth-order valence-electron chi connectivity index (χ4n) is 3.93. The van der Waals surface area contributed by atoms with Gasteiger partial charge in [0.2, 0.25) is 11.9 Å². The van der Waals surface area contributed by atoms with E-state index in [0.29, 0.717) is 34.6 Å². The maximum atomic E-state index is 12.1. The first-order chi connectivity index (χ1) is 17.5. The molecule has 11 nitrogen and oxygen atoms in total. The predicted octanol–water partition coefficient (Wildman–Crippen LogP) is 3.24. The van der Waals surface area contributed by atoms with Crippen LogP contribution in [0, 0.1) is 6.92 Å². The second kappa shape index (κ2) is 10.0. The van der Waals surface area contributed by atoms with Gasteiger partial charge in [0.15, 0.2) is 5.82 Å². The van der Waals surface area contributed by atoms with Crippen molar-refractivity contribution in [2.75, 3.05) is 30.8 Å². The van der Waals surface area contributed by atoms with E-state index in [4.69, 9.17) is 4.74 Å². The molecule has 0 radical (unpaired) electrons. The third kappa shape index (κ3) is 4.82. The van der Waals surface area contributed by atoms with Crippen molar-refractivity contribution in [2.24, 2.45) is 0 Å². The van der Waals surface area contributed by atoms with Crippen LogP contribution >= 0.6 is 0 Å². The van der Waals surface area contributed by atoms with Crippen molar-refractivity contribution in [3.05, 3.63) is 73.0 Å². The van der Waals surface area contributed by atoms with Crippen molar-refractivity contribution >= 4 is 23.2 Å². The van der Waals surface area contributed by atoms with Crippen molar-refractivity contribution in [3.63, 3.8) is 0 Å². The molecule has 0 spiro atoms. The Labute approximate surface area is 208 Å². The summed E-state index contributed by atoms with van der Waals surface area (Å²) in [6.07, 6.45) is 9.58. The molecule has 0 atom stereocenters. The number of nitrogens with one attached hydrogen (secondary N) is 2. The molecule has 36 heavy (non-hydrogen) atoms. The van der Waals surface area contributed by atoms with Gasteiger partial charge in [-0.1, -0.05) is 6.58 Å². The number of benzene rings is 1. The van der Waals surface area contributed by atoms with Gasteiger partial charge in [-0.2, -0.15) is 15.2 Å². The molecule has 5 rings (SSSR count). The van der Waals surface area contributed by atoms with E-state index in [0.717, 1.165) is 25.3 Å². The van der Waals surface area contributed by atoms with E-state index in [-0.39, 0.29) is 5.91 Å². The second-order valence-corrected chi connectivity index (χ2v) is 8.39. The molecule has 11 heteroatoms. The number of carbonyl (C=O) groups is 1. The Balaban J connectivity index is 1.45. The van der Waals surface area contributed by atoms with E-state index in [1.807, 2.05) is 13.1 Å². The van der Waals surface area contributed by atoms with Crippen molar-refractivity contribution in [3.8, 4) is 17.3 Å². The number of carbonyl (C=O) groups excluding carboxylic acids is 1. The molecule has 184 valence electrons. The van der Waals surface area contributed by atoms with Crippen molar-refractivity contribution in [1.29, 1.82) is 0 Å². The minimum absolute atomic E-state index is 0.346. The molecule has 1 aliphatic rings. The normalized spacial score (nSPS) is 13.2. The summed E-state index contributed by atoms with van der Waals surface area (Å²) in [5.74, 6) is 1.17. The minimum atomic E-state index is -0.346. The van der Waals surface area contributed by atoms with Gasteiger partial charge in [-0.3, -0.25) is 9.69 Å². The molecule has 0 aliphatic carbocycles. The van der Waals surface area contributed by atoms with Crippen LogP contribution in [0.5, 0.6) is 5.75 Å². The number of hydrogen-bond donors (Lipinski definition) is 2. The number of hydrogen-bond acceptors (Lipinski definition) is 8. The highest BCUT2D eigenvalue weighted by Crippen LogP contribution is 2.35. The van der Waals surface area contributed by atoms with Gasteiger partial charge in [0.05, 0.1) is 29.9 Å². The number of methoxy groups -OCH3 is 1. The maximum absolute atomic E-state index is 12.1. The molecule has 2 N–H and O–H groups in total. The summed E-state index contributed by atoms with van der Waals surface area (Å²) in [5, 5.41) is 15.0. The highest BCUT2D eigenvalue weighted by molar-refractivity contribution is 6.01. The molecule has 3 aromatic heterocycles. The fraction of sp³-hybridized carbons (Fsp3) is 0.240. The van der Waals surface area contributed by atoms with E-state index < -0.39 is 0 Å². The van der Waals surface area contributed by atoms with Crippen LogP contribution in [-0.4, -0.2) is 60.5 Å². The number of aromatic nitrogens is 6. The Bertz CT molecular complexity index is 1390. The van der Waals surface area contributed by atoms with Crippen LogP contribution in [0.15, 0.2) is 61.7 Å². The monoisotopic (exact) mass is 485 g/mol. The first kappa shape index (κ1) is 23.2. The zero-order valence-electron chi connectivity index (χ0n) is 20.2. The number of likely N-dealkylation sites (tertiary alicyclic amines) is 1. The smallest absolute Gasteiger partial charge is 0.247 e. The van der Waals surface area contributed by atoms with Crippen LogP contribution in [0.3, 0.4) is 0 Å². The summed E-state index contributed by atoms with van der Waals surface area (Å²) in [7, 11) is 1.57. The van der Waals surface area contributed by atoms with Crippen LogP contribution in [-0.2, 0) is 11.3 Å². The predicted molar refractivity (Wildman–Crippen MR) is 136 cm³/mol. The minimum Gasteiger partial charge on any atom is -0.494 e. The average Bonchev–Trinajstić information content (AvgIpc) is 3.52. The summed E-state index contributed by atoms with van der Waals surface area (Å²) in [4.78, 5) is 23.5. The highest BCUT2D eigenvalue weighted by atomic mass is 16.5. The Kier molecular flexibility index (Phi) is 6.46. The van der Waals surface area contributed by atoms with Crippen LogP contribution in [0.1, 0.15) is 17.7 Å². The fourth-order valence-corrected chi connectivity index (χ4v) is 3.93. The molecule has 1 amide bonds. The van der Waals surface area contributed by atoms with Gasteiger partial charge in [-0.15, -0.1) is 0 Å². The molecule has 4 aromatic rings. The van der Waals surface area contributed by atoms with Gasteiger partial charge >= 0.3 is 0 Å². The lowest BCUT2D eigenvalue weighted by Crippen LogP contribution is -2.36. The van der Waals surface area contributed by atoms with Gasteiger partial charge in [-0.25, -0.2) is 14.3 Å². The van der Waals surface area contributed by atoms with Gasteiger partial charge in [-0.05, 0) is 44.6 Å². The lowest BCUT2D eigenvalue weighted by Gasteiger charge is -2.30. The van der Waals surface area contributed by atoms with E-state index >= 15 is 0 Å². The highest BCUT2D eigenvalue weighted by Gasteiger charge is 2.18. The largest absolute Gasteiger partial charge is 0.494 e. The number of rotatable bonds is 9. The van der Waals surface area contributed by atoms with Crippen LogP contribution < -0.4 is 15.4 Å². The van der Waals surface area contributed by atoms with Crippen LogP contribution in [0.25, 0.3) is 11.5 Å². The van der Waals surface area contributed by atoms with Crippen LogP contribution in [0.4, 0.5) is 17.3 Å². The van der Waals surface area contributed by atoms with E-state index in [1.54, 1.807) is 59.3 Å². The number of aryl methyl sites for hydroxylation is 1. The molecule has 4 heterocycles. The summed E-state index contributed by atoms with van der Waals surface area (Å²) in [5.41, 5.74) is 3.88. The zero-order valence-corrected chi connectivity index (χ0v) is 20.2.